The molecular weight excluding hydrogens is 348 g/mol. The highest BCUT2D eigenvalue weighted by Crippen LogP contribution is 2.26. The van der Waals surface area contributed by atoms with Gasteiger partial charge in [0.1, 0.15) is 11.9 Å². The summed E-state index contributed by atoms with van der Waals surface area (Å²) >= 11 is 0. The lowest BCUT2D eigenvalue weighted by Gasteiger charge is -2.31. The molecule has 4 heteroatoms. The van der Waals surface area contributed by atoms with E-state index in [1.54, 1.807) is 0 Å². The summed E-state index contributed by atoms with van der Waals surface area (Å²) in [6.45, 7) is 4.43. The molecule has 0 saturated heterocycles. The van der Waals surface area contributed by atoms with Gasteiger partial charge in [-0.25, -0.2) is 4.79 Å². The first-order chi connectivity index (χ1) is 13.6. The smallest absolute Gasteiger partial charge is 0.367 e. The Morgan fingerprint density at radius 1 is 1.04 bits per heavy atom. The fourth-order valence-electron chi connectivity index (χ4n) is 4.02. The highest BCUT2D eigenvalue weighted by atomic mass is 16.5. The summed E-state index contributed by atoms with van der Waals surface area (Å²) in [7, 11) is 2.06. The SMILES string of the molecule is CCCCCCCC[N+]1(CC(=O)Oc2cccc3ccccc23)C=CN(C)C1. The van der Waals surface area contributed by atoms with Crippen molar-refractivity contribution in [1.82, 2.24) is 4.90 Å². The second kappa shape index (κ2) is 9.74. The molecular formula is C24H33N2O2+. The van der Waals surface area contributed by atoms with Crippen LogP contribution >= 0.6 is 0 Å². The summed E-state index contributed by atoms with van der Waals surface area (Å²) in [5, 5.41) is 2.07. The monoisotopic (exact) mass is 381 g/mol. The number of unbranched alkanes of at least 4 members (excludes halogenated alkanes) is 5. The van der Waals surface area contributed by atoms with Gasteiger partial charge < -0.3 is 9.64 Å². The Hall–Kier alpha value is -2.33. The molecule has 1 aliphatic rings. The number of fused-ring (bicyclic) bond motifs is 1. The molecule has 150 valence electrons. The van der Waals surface area contributed by atoms with E-state index in [1.807, 2.05) is 42.5 Å². The maximum absolute atomic E-state index is 12.8. The Morgan fingerprint density at radius 3 is 2.57 bits per heavy atom. The lowest BCUT2D eigenvalue weighted by molar-refractivity contribution is -0.874. The van der Waals surface area contributed by atoms with Crippen LogP contribution in [0, 0.1) is 0 Å². The first-order valence-electron chi connectivity index (χ1n) is 10.6. The van der Waals surface area contributed by atoms with E-state index in [0.717, 1.165) is 30.4 Å². The summed E-state index contributed by atoms with van der Waals surface area (Å²) in [5.74, 6) is 0.486. The standard InChI is InChI=1S/C24H33N2O2/c1-3-4-5-6-7-10-17-26(18-16-25(2)20-26)19-24(27)28-23-15-11-13-21-12-8-9-14-22(21)23/h8-9,11-16,18H,3-7,10,17,19-20H2,1-2H3/q+1. The Bertz CT molecular complexity index is 812. The van der Waals surface area contributed by atoms with Crippen molar-refractivity contribution < 1.29 is 14.0 Å². The van der Waals surface area contributed by atoms with Crippen molar-refractivity contribution in [3.05, 3.63) is 54.9 Å². The minimum Gasteiger partial charge on any atom is -0.422 e. The fraction of sp³-hybridized carbons (Fsp3) is 0.458. The molecule has 0 bridgehead atoms. The predicted octanol–water partition coefficient (Wildman–Crippen LogP) is 5.30. The average Bonchev–Trinajstić information content (AvgIpc) is 3.05. The molecule has 2 aromatic rings. The van der Waals surface area contributed by atoms with Crippen molar-refractivity contribution in [3.63, 3.8) is 0 Å². The van der Waals surface area contributed by atoms with E-state index in [9.17, 15) is 4.79 Å². The number of rotatable bonds is 10. The average molecular weight is 382 g/mol. The van der Waals surface area contributed by atoms with Gasteiger partial charge >= 0.3 is 5.97 Å². The Balaban J connectivity index is 1.61. The molecule has 0 aliphatic carbocycles. The molecule has 0 aromatic heterocycles. The summed E-state index contributed by atoms with van der Waals surface area (Å²) in [6, 6.07) is 13.9. The number of carbonyl (C=O) groups is 1. The second-order valence-corrected chi connectivity index (χ2v) is 8.02. The zero-order valence-corrected chi connectivity index (χ0v) is 17.3. The summed E-state index contributed by atoms with van der Waals surface area (Å²) in [4.78, 5) is 15.0. The third-order valence-electron chi connectivity index (χ3n) is 5.52. The summed E-state index contributed by atoms with van der Waals surface area (Å²) in [5.41, 5.74) is 0. The van der Waals surface area contributed by atoms with Crippen molar-refractivity contribution in [2.45, 2.75) is 45.4 Å². The zero-order chi connectivity index (χ0) is 19.8. The second-order valence-electron chi connectivity index (χ2n) is 8.02. The molecule has 3 rings (SSSR count). The molecule has 1 heterocycles. The highest BCUT2D eigenvalue weighted by Gasteiger charge is 2.34. The van der Waals surface area contributed by atoms with Crippen molar-refractivity contribution in [2.75, 3.05) is 26.8 Å². The molecule has 1 unspecified atom stereocenters. The van der Waals surface area contributed by atoms with Crippen LogP contribution in [0.3, 0.4) is 0 Å². The van der Waals surface area contributed by atoms with Gasteiger partial charge in [-0.3, -0.25) is 4.48 Å². The van der Waals surface area contributed by atoms with E-state index in [4.69, 9.17) is 4.74 Å². The molecule has 0 radical (unpaired) electrons. The number of hydrogen-bond donors (Lipinski definition) is 0. The molecule has 0 saturated carbocycles. The summed E-state index contributed by atoms with van der Waals surface area (Å²) in [6.07, 6.45) is 11.8. The van der Waals surface area contributed by atoms with Crippen molar-refractivity contribution >= 4 is 16.7 Å². The number of carbonyl (C=O) groups excluding carboxylic acids is 1. The van der Waals surface area contributed by atoms with Crippen LogP contribution in [0.2, 0.25) is 0 Å². The molecule has 2 aromatic carbocycles. The van der Waals surface area contributed by atoms with E-state index in [-0.39, 0.29) is 5.97 Å². The van der Waals surface area contributed by atoms with E-state index in [0.29, 0.717) is 16.8 Å². The number of benzene rings is 2. The van der Waals surface area contributed by atoms with Crippen LogP contribution in [-0.2, 0) is 4.79 Å². The first kappa shape index (κ1) is 20.4. The van der Waals surface area contributed by atoms with Crippen LogP contribution in [0.15, 0.2) is 54.9 Å². The third-order valence-corrected chi connectivity index (χ3v) is 5.52. The number of nitrogens with zero attached hydrogens (tertiary/aromatic N) is 2. The Kier molecular flexibility index (Phi) is 7.10. The number of ether oxygens (including phenoxy) is 1. The first-order valence-corrected chi connectivity index (χ1v) is 10.6. The molecule has 0 N–H and O–H groups in total. The highest BCUT2D eigenvalue weighted by molar-refractivity contribution is 5.90. The van der Waals surface area contributed by atoms with Gasteiger partial charge in [0.25, 0.3) is 0 Å². The molecule has 0 fully saturated rings. The maximum atomic E-state index is 12.8. The minimum absolute atomic E-state index is 0.165. The molecule has 28 heavy (non-hydrogen) atoms. The van der Waals surface area contributed by atoms with Gasteiger partial charge in [0.05, 0.1) is 12.7 Å². The third kappa shape index (κ3) is 5.35. The number of esters is 1. The van der Waals surface area contributed by atoms with Gasteiger partial charge in [0.2, 0.25) is 0 Å². The van der Waals surface area contributed by atoms with Gasteiger partial charge in [0.15, 0.2) is 13.2 Å². The lowest BCUT2D eigenvalue weighted by Crippen LogP contribution is -2.49. The van der Waals surface area contributed by atoms with Crippen molar-refractivity contribution in [3.8, 4) is 5.75 Å². The fourth-order valence-corrected chi connectivity index (χ4v) is 4.02. The van der Waals surface area contributed by atoms with E-state index < -0.39 is 0 Å². The molecule has 0 amide bonds. The Labute approximate surface area is 169 Å². The van der Waals surface area contributed by atoms with Crippen LogP contribution in [0.5, 0.6) is 5.75 Å². The normalized spacial score (nSPS) is 18.7. The van der Waals surface area contributed by atoms with E-state index in [2.05, 4.69) is 31.3 Å². The van der Waals surface area contributed by atoms with Crippen LogP contribution < -0.4 is 4.74 Å². The van der Waals surface area contributed by atoms with Gasteiger partial charge in [-0.05, 0) is 24.3 Å². The van der Waals surface area contributed by atoms with Crippen molar-refractivity contribution in [1.29, 1.82) is 0 Å². The van der Waals surface area contributed by atoms with E-state index >= 15 is 0 Å². The van der Waals surface area contributed by atoms with Crippen LogP contribution in [0.1, 0.15) is 45.4 Å². The molecule has 4 nitrogen and oxygen atoms in total. The number of quaternary nitrogens is 1. The molecule has 1 atom stereocenters. The maximum Gasteiger partial charge on any atom is 0.367 e. The quantitative estimate of drug-likeness (QED) is 0.242. The summed E-state index contributed by atoms with van der Waals surface area (Å²) < 4.78 is 6.46. The number of hydrogen-bond acceptors (Lipinski definition) is 3. The zero-order valence-electron chi connectivity index (χ0n) is 17.3. The molecule has 0 spiro atoms. The largest absolute Gasteiger partial charge is 0.422 e. The van der Waals surface area contributed by atoms with Gasteiger partial charge in [0, 0.05) is 12.4 Å². The van der Waals surface area contributed by atoms with Gasteiger partial charge in [-0.15, -0.1) is 0 Å². The minimum atomic E-state index is -0.165. The Morgan fingerprint density at radius 2 is 1.79 bits per heavy atom. The van der Waals surface area contributed by atoms with Gasteiger partial charge in [-0.2, -0.15) is 0 Å². The lowest BCUT2D eigenvalue weighted by atomic mass is 10.1. The molecule has 1 aliphatic heterocycles. The van der Waals surface area contributed by atoms with Crippen LogP contribution in [0.4, 0.5) is 0 Å². The van der Waals surface area contributed by atoms with Crippen LogP contribution in [-0.4, -0.2) is 42.2 Å². The van der Waals surface area contributed by atoms with E-state index in [1.165, 1.54) is 32.1 Å². The topological polar surface area (TPSA) is 29.5 Å². The van der Waals surface area contributed by atoms with Gasteiger partial charge in [-0.1, -0.05) is 69.0 Å². The van der Waals surface area contributed by atoms with Crippen LogP contribution in [0.25, 0.3) is 10.8 Å². The predicted molar refractivity (Wildman–Crippen MR) is 115 cm³/mol. The van der Waals surface area contributed by atoms with Crippen molar-refractivity contribution in [2.24, 2.45) is 0 Å².